The van der Waals surface area contributed by atoms with Crippen molar-refractivity contribution in [2.24, 2.45) is 0 Å². The molecule has 0 atom stereocenters. The van der Waals surface area contributed by atoms with Gasteiger partial charge in [-0.2, -0.15) is 0 Å². The van der Waals surface area contributed by atoms with Gasteiger partial charge in [-0.15, -0.1) is 0 Å². The van der Waals surface area contributed by atoms with Crippen molar-refractivity contribution in [3.8, 4) is 11.1 Å². The lowest BCUT2D eigenvalue weighted by Crippen LogP contribution is -1.92. The number of ether oxygens (including phenoxy) is 1. The number of carbonyl (C=O) groups excluding carboxylic acids is 1. The van der Waals surface area contributed by atoms with Gasteiger partial charge in [0.25, 0.3) is 6.47 Å². The number of nitrogen functional groups attached to an aromatic ring is 1. The van der Waals surface area contributed by atoms with Gasteiger partial charge in [-0.05, 0) is 23.8 Å². The number of halogens is 1. The summed E-state index contributed by atoms with van der Waals surface area (Å²) in [5, 5.41) is 0.811. The van der Waals surface area contributed by atoms with Gasteiger partial charge in [0.1, 0.15) is 18.0 Å². The van der Waals surface area contributed by atoms with Crippen molar-refractivity contribution < 1.29 is 18.3 Å². The molecule has 5 heteroatoms. The summed E-state index contributed by atoms with van der Waals surface area (Å²) in [6.45, 7) is 0.514. The lowest BCUT2D eigenvalue weighted by molar-refractivity contribution is -0.129. The number of nitrogens with two attached hydrogens (primary N) is 1. The van der Waals surface area contributed by atoms with E-state index in [1.165, 1.54) is 18.4 Å². The van der Waals surface area contributed by atoms with Gasteiger partial charge in [0.15, 0.2) is 0 Å². The lowest BCUT2D eigenvalue weighted by atomic mass is 10.0. The van der Waals surface area contributed by atoms with Crippen LogP contribution in [0, 0.1) is 5.82 Å². The van der Waals surface area contributed by atoms with Crippen LogP contribution in [0.5, 0.6) is 0 Å². The summed E-state index contributed by atoms with van der Waals surface area (Å²) in [4.78, 5) is 10.3. The molecule has 0 fully saturated rings. The van der Waals surface area contributed by atoms with Gasteiger partial charge in [-0.3, -0.25) is 4.79 Å². The highest BCUT2D eigenvalue weighted by Crippen LogP contribution is 2.33. The molecule has 0 spiro atoms. The third kappa shape index (κ3) is 2.45. The molecule has 2 N–H and O–H groups in total. The Balaban J connectivity index is 2.11. The highest BCUT2D eigenvalue weighted by atomic mass is 19.1. The second-order valence-electron chi connectivity index (χ2n) is 4.61. The Hall–Kier alpha value is -2.82. The van der Waals surface area contributed by atoms with E-state index in [9.17, 15) is 9.18 Å². The van der Waals surface area contributed by atoms with E-state index in [-0.39, 0.29) is 12.4 Å². The van der Waals surface area contributed by atoms with Gasteiger partial charge in [0, 0.05) is 28.3 Å². The van der Waals surface area contributed by atoms with Crippen LogP contribution in [0.2, 0.25) is 0 Å². The topological polar surface area (TPSA) is 65.5 Å². The second-order valence-corrected chi connectivity index (χ2v) is 4.61. The van der Waals surface area contributed by atoms with Gasteiger partial charge < -0.3 is 14.9 Å². The largest absolute Gasteiger partial charge is 0.464 e. The maximum absolute atomic E-state index is 13.0. The maximum atomic E-state index is 13.0. The van der Waals surface area contributed by atoms with E-state index in [4.69, 9.17) is 14.9 Å². The molecule has 21 heavy (non-hydrogen) atoms. The number of carbonyl (C=O) groups is 1. The fourth-order valence-electron chi connectivity index (χ4n) is 2.26. The van der Waals surface area contributed by atoms with Crippen molar-refractivity contribution in [3.05, 3.63) is 54.0 Å². The Labute approximate surface area is 119 Å². The maximum Gasteiger partial charge on any atom is 0.293 e. The zero-order valence-corrected chi connectivity index (χ0v) is 11.0. The summed E-state index contributed by atoms with van der Waals surface area (Å²) in [7, 11) is 0. The predicted molar refractivity (Wildman–Crippen MR) is 76.9 cm³/mol. The molecule has 1 heterocycles. The minimum atomic E-state index is -0.304. The van der Waals surface area contributed by atoms with Crippen molar-refractivity contribution in [2.75, 3.05) is 5.73 Å². The van der Waals surface area contributed by atoms with Crippen molar-refractivity contribution in [1.29, 1.82) is 0 Å². The average Bonchev–Trinajstić information content (AvgIpc) is 2.87. The van der Waals surface area contributed by atoms with Gasteiger partial charge in [-0.1, -0.05) is 12.1 Å². The number of furan rings is 1. The molecule has 0 amide bonds. The van der Waals surface area contributed by atoms with Crippen LogP contribution in [0.15, 0.2) is 47.1 Å². The normalized spacial score (nSPS) is 10.7. The van der Waals surface area contributed by atoms with E-state index < -0.39 is 0 Å². The van der Waals surface area contributed by atoms with Gasteiger partial charge in [0.05, 0.1) is 6.26 Å². The molecule has 2 aromatic carbocycles. The van der Waals surface area contributed by atoms with Crippen molar-refractivity contribution in [2.45, 2.75) is 6.61 Å². The minimum absolute atomic E-state index is 0.128. The fourth-order valence-corrected chi connectivity index (χ4v) is 2.26. The van der Waals surface area contributed by atoms with E-state index in [2.05, 4.69) is 0 Å². The van der Waals surface area contributed by atoms with Crippen molar-refractivity contribution in [3.63, 3.8) is 0 Å². The van der Waals surface area contributed by atoms with Crippen LogP contribution >= 0.6 is 0 Å². The van der Waals surface area contributed by atoms with E-state index in [1.54, 1.807) is 18.2 Å². The van der Waals surface area contributed by atoms with Gasteiger partial charge >= 0.3 is 0 Å². The summed E-state index contributed by atoms with van der Waals surface area (Å²) in [5.41, 5.74) is 9.50. The number of hydrogen-bond acceptors (Lipinski definition) is 4. The van der Waals surface area contributed by atoms with E-state index in [1.807, 2.05) is 6.07 Å². The summed E-state index contributed by atoms with van der Waals surface area (Å²) in [6, 6.07) is 9.64. The van der Waals surface area contributed by atoms with Crippen molar-refractivity contribution in [1.82, 2.24) is 0 Å². The van der Waals surface area contributed by atoms with Crippen LogP contribution in [-0.2, 0) is 16.1 Å². The van der Waals surface area contributed by atoms with Gasteiger partial charge in [-0.25, -0.2) is 4.39 Å². The Kier molecular flexibility index (Phi) is 3.31. The molecular formula is C16H12FNO3. The summed E-state index contributed by atoms with van der Waals surface area (Å²) in [6.07, 6.45) is 1.53. The average molecular weight is 285 g/mol. The quantitative estimate of drug-likeness (QED) is 0.588. The van der Waals surface area contributed by atoms with Crippen LogP contribution in [0.1, 0.15) is 5.56 Å². The summed E-state index contributed by atoms with van der Waals surface area (Å²) >= 11 is 0. The Morgan fingerprint density at radius 2 is 2.00 bits per heavy atom. The van der Waals surface area contributed by atoms with Crippen LogP contribution in [0.3, 0.4) is 0 Å². The molecule has 0 aliphatic heterocycles. The third-order valence-electron chi connectivity index (χ3n) is 3.29. The van der Waals surface area contributed by atoms with E-state index in [0.717, 1.165) is 22.1 Å². The molecule has 0 saturated carbocycles. The Morgan fingerprint density at radius 1 is 1.24 bits per heavy atom. The molecule has 0 aliphatic carbocycles. The molecule has 0 unspecified atom stereocenters. The lowest BCUT2D eigenvalue weighted by Gasteiger charge is -2.07. The molecular weight excluding hydrogens is 273 g/mol. The second kappa shape index (κ2) is 5.28. The zero-order chi connectivity index (χ0) is 14.8. The molecule has 0 saturated heterocycles. The number of benzene rings is 2. The highest BCUT2D eigenvalue weighted by Gasteiger charge is 2.11. The first-order valence-corrected chi connectivity index (χ1v) is 6.30. The first-order chi connectivity index (χ1) is 10.2. The zero-order valence-electron chi connectivity index (χ0n) is 11.0. The molecule has 4 nitrogen and oxygen atoms in total. The third-order valence-corrected chi connectivity index (χ3v) is 3.29. The summed E-state index contributed by atoms with van der Waals surface area (Å²) in [5.74, 6) is -0.304. The molecule has 0 aliphatic rings. The molecule has 0 bridgehead atoms. The van der Waals surface area contributed by atoms with E-state index >= 15 is 0 Å². The first kappa shape index (κ1) is 13.2. The van der Waals surface area contributed by atoms with Gasteiger partial charge in [0.2, 0.25) is 0 Å². The molecule has 3 rings (SSSR count). The van der Waals surface area contributed by atoms with Crippen molar-refractivity contribution >= 4 is 23.1 Å². The Bertz CT molecular complexity index is 793. The van der Waals surface area contributed by atoms with E-state index in [0.29, 0.717) is 17.7 Å². The SMILES string of the molecule is Nc1cc2occ(COC=O)c2cc1-c1ccc(F)cc1. The molecule has 1 aromatic heterocycles. The Morgan fingerprint density at radius 3 is 2.71 bits per heavy atom. The highest BCUT2D eigenvalue weighted by molar-refractivity contribution is 5.92. The first-order valence-electron chi connectivity index (χ1n) is 6.30. The van der Waals surface area contributed by atoms with Crippen LogP contribution in [-0.4, -0.2) is 6.47 Å². The number of anilines is 1. The predicted octanol–water partition coefficient (Wildman–Crippen LogP) is 3.49. The molecule has 3 aromatic rings. The summed E-state index contributed by atoms with van der Waals surface area (Å²) < 4.78 is 23.2. The van der Waals surface area contributed by atoms with Crippen LogP contribution in [0.4, 0.5) is 10.1 Å². The molecule has 0 radical (unpaired) electrons. The fraction of sp³-hybridized carbons (Fsp3) is 0.0625. The standard InChI is InChI=1S/C16H12FNO3/c17-12-3-1-10(2-4-12)13-5-14-11(7-20-9-19)8-21-16(14)6-15(13)18/h1-6,8-9H,7,18H2. The number of fused-ring (bicyclic) bond motifs is 1. The molecule has 106 valence electrons. The van der Waals surface area contributed by atoms with Crippen LogP contribution in [0.25, 0.3) is 22.1 Å². The number of rotatable bonds is 4. The smallest absolute Gasteiger partial charge is 0.293 e. The minimum Gasteiger partial charge on any atom is -0.464 e. The number of hydrogen-bond donors (Lipinski definition) is 1. The monoisotopic (exact) mass is 285 g/mol. The van der Waals surface area contributed by atoms with Crippen LogP contribution < -0.4 is 5.73 Å².